The number of ether oxygens (including phenoxy) is 1. The Balaban J connectivity index is 1.58. The van der Waals surface area contributed by atoms with Crippen LogP contribution in [0.5, 0.6) is 0 Å². The third-order valence-electron chi connectivity index (χ3n) is 5.27. The number of fused-ring (bicyclic) bond motifs is 1. The highest BCUT2D eigenvalue weighted by atomic mass is 16.5. The maximum atomic E-state index is 13.1. The van der Waals surface area contributed by atoms with E-state index >= 15 is 0 Å². The fourth-order valence-electron chi connectivity index (χ4n) is 3.72. The van der Waals surface area contributed by atoms with Crippen molar-refractivity contribution in [3.05, 3.63) is 71.9 Å². The maximum Gasteiger partial charge on any atom is 0.268 e. The first kappa shape index (κ1) is 19.2. The number of aromatic nitrogens is 1. The molecular formula is C23H25N3O3. The number of carbonyl (C=O) groups is 2. The van der Waals surface area contributed by atoms with E-state index in [4.69, 9.17) is 4.74 Å². The van der Waals surface area contributed by atoms with Crippen LogP contribution in [0.15, 0.2) is 60.7 Å². The van der Waals surface area contributed by atoms with Crippen LogP contribution in [0.4, 0.5) is 0 Å². The largest absolute Gasteiger partial charge is 0.378 e. The van der Waals surface area contributed by atoms with Crippen LogP contribution in [0.3, 0.4) is 0 Å². The fourth-order valence-corrected chi connectivity index (χ4v) is 3.72. The number of rotatable bonds is 5. The molecule has 4 rings (SSSR count). The molecule has 29 heavy (non-hydrogen) atoms. The third-order valence-corrected chi connectivity index (χ3v) is 5.27. The van der Waals surface area contributed by atoms with Gasteiger partial charge in [0.05, 0.1) is 13.2 Å². The second-order valence-corrected chi connectivity index (χ2v) is 7.29. The van der Waals surface area contributed by atoms with E-state index in [2.05, 4.69) is 5.32 Å². The molecule has 2 heterocycles. The molecule has 1 aliphatic heterocycles. The summed E-state index contributed by atoms with van der Waals surface area (Å²) in [6, 6.07) is 19.3. The summed E-state index contributed by atoms with van der Waals surface area (Å²) in [5.41, 5.74) is 2.66. The Kier molecular flexibility index (Phi) is 5.62. The highest BCUT2D eigenvalue weighted by Crippen LogP contribution is 2.21. The molecule has 1 saturated heterocycles. The first-order chi connectivity index (χ1) is 14.1. The summed E-state index contributed by atoms with van der Waals surface area (Å²) >= 11 is 0. The Hall–Kier alpha value is -3.12. The predicted octanol–water partition coefficient (Wildman–Crippen LogP) is 2.67. The molecule has 2 amide bonds. The minimum absolute atomic E-state index is 0.0765. The van der Waals surface area contributed by atoms with Crippen molar-refractivity contribution in [2.75, 3.05) is 26.3 Å². The second kappa shape index (κ2) is 8.49. The predicted molar refractivity (Wildman–Crippen MR) is 112 cm³/mol. The molecule has 0 radical (unpaired) electrons. The van der Waals surface area contributed by atoms with Gasteiger partial charge in [-0.2, -0.15) is 0 Å². The quantitative estimate of drug-likeness (QED) is 0.727. The highest BCUT2D eigenvalue weighted by molar-refractivity contribution is 6.00. The molecule has 1 aliphatic rings. The number of para-hydroxylation sites is 1. The molecule has 1 atom stereocenters. The van der Waals surface area contributed by atoms with Crippen LogP contribution in [0.1, 0.15) is 23.0 Å². The fraction of sp³-hybridized carbons (Fsp3) is 0.304. The van der Waals surface area contributed by atoms with E-state index in [0.717, 1.165) is 16.5 Å². The van der Waals surface area contributed by atoms with E-state index in [0.29, 0.717) is 38.5 Å². The zero-order chi connectivity index (χ0) is 20.2. The molecule has 1 fully saturated rings. The number of hydrogen-bond donors (Lipinski definition) is 1. The lowest BCUT2D eigenvalue weighted by Gasteiger charge is -2.29. The van der Waals surface area contributed by atoms with Crippen molar-refractivity contribution < 1.29 is 14.3 Å². The third kappa shape index (κ3) is 4.17. The monoisotopic (exact) mass is 391 g/mol. The van der Waals surface area contributed by atoms with E-state index in [-0.39, 0.29) is 11.8 Å². The summed E-state index contributed by atoms with van der Waals surface area (Å²) < 4.78 is 7.31. The summed E-state index contributed by atoms with van der Waals surface area (Å²) in [7, 11) is 0. The SMILES string of the molecule is CC(NC(=O)c1cc2ccccc2n1Cc1ccccc1)C(=O)N1CCOCC1. The molecule has 150 valence electrons. The Labute approximate surface area is 170 Å². The van der Waals surface area contributed by atoms with Crippen LogP contribution in [-0.2, 0) is 16.1 Å². The Morgan fingerprint density at radius 3 is 2.48 bits per heavy atom. The van der Waals surface area contributed by atoms with Crippen LogP contribution in [-0.4, -0.2) is 53.6 Å². The molecule has 3 aromatic rings. The lowest BCUT2D eigenvalue weighted by molar-refractivity contribution is -0.136. The van der Waals surface area contributed by atoms with Crippen molar-refractivity contribution in [1.82, 2.24) is 14.8 Å². The smallest absolute Gasteiger partial charge is 0.268 e. The number of nitrogens with zero attached hydrogens (tertiary/aromatic N) is 2. The van der Waals surface area contributed by atoms with Crippen LogP contribution in [0.2, 0.25) is 0 Å². The van der Waals surface area contributed by atoms with Crippen LogP contribution in [0, 0.1) is 0 Å². The first-order valence-corrected chi connectivity index (χ1v) is 9.93. The van der Waals surface area contributed by atoms with Crippen molar-refractivity contribution >= 4 is 22.7 Å². The number of amides is 2. The first-order valence-electron chi connectivity index (χ1n) is 9.93. The van der Waals surface area contributed by atoms with Gasteiger partial charge in [0.25, 0.3) is 5.91 Å². The Morgan fingerprint density at radius 1 is 1.03 bits per heavy atom. The molecule has 6 nitrogen and oxygen atoms in total. The minimum atomic E-state index is -0.594. The molecule has 6 heteroatoms. The summed E-state index contributed by atoms with van der Waals surface area (Å²) in [5, 5.41) is 3.89. The van der Waals surface area contributed by atoms with E-state index in [1.54, 1.807) is 11.8 Å². The molecule has 1 N–H and O–H groups in total. The lowest BCUT2D eigenvalue weighted by atomic mass is 10.2. The minimum Gasteiger partial charge on any atom is -0.378 e. The van der Waals surface area contributed by atoms with Gasteiger partial charge in [-0.15, -0.1) is 0 Å². The van der Waals surface area contributed by atoms with E-state index < -0.39 is 6.04 Å². The number of nitrogens with one attached hydrogen (secondary N) is 1. The van der Waals surface area contributed by atoms with Gasteiger partial charge in [0.15, 0.2) is 0 Å². The zero-order valence-electron chi connectivity index (χ0n) is 16.5. The van der Waals surface area contributed by atoms with Crippen molar-refractivity contribution in [2.24, 2.45) is 0 Å². The van der Waals surface area contributed by atoms with Crippen molar-refractivity contribution in [3.8, 4) is 0 Å². The van der Waals surface area contributed by atoms with E-state index in [9.17, 15) is 9.59 Å². The number of carbonyl (C=O) groups excluding carboxylic acids is 2. The van der Waals surface area contributed by atoms with Crippen LogP contribution >= 0.6 is 0 Å². The summed E-state index contributed by atoms with van der Waals surface area (Å²) in [5.74, 6) is -0.321. The van der Waals surface area contributed by atoms with Gasteiger partial charge in [-0.1, -0.05) is 48.5 Å². The van der Waals surface area contributed by atoms with Gasteiger partial charge in [0.1, 0.15) is 11.7 Å². The topological polar surface area (TPSA) is 63.6 Å². The lowest BCUT2D eigenvalue weighted by Crippen LogP contribution is -2.50. The maximum absolute atomic E-state index is 13.1. The molecule has 1 unspecified atom stereocenters. The summed E-state index contributed by atoms with van der Waals surface area (Å²) in [6.07, 6.45) is 0. The number of morpholine rings is 1. The van der Waals surface area contributed by atoms with Crippen molar-refractivity contribution in [1.29, 1.82) is 0 Å². The average Bonchev–Trinajstić information content (AvgIpc) is 3.13. The molecule has 1 aromatic heterocycles. The molecule has 0 bridgehead atoms. The second-order valence-electron chi connectivity index (χ2n) is 7.29. The standard InChI is InChI=1S/C23H25N3O3/c1-17(23(28)25-11-13-29-14-12-25)24-22(27)21-15-19-9-5-6-10-20(19)26(21)16-18-7-3-2-4-8-18/h2-10,15,17H,11-14,16H2,1H3,(H,24,27). The van der Waals surface area contributed by atoms with Crippen LogP contribution in [0.25, 0.3) is 10.9 Å². The van der Waals surface area contributed by atoms with Gasteiger partial charge in [0.2, 0.25) is 5.91 Å². The zero-order valence-corrected chi connectivity index (χ0v) is 16.5. The highest BCUT2D eigenvalue weighted by Gasteiger charge is 2.25. The van der Waals surface area contributed by atoms with Gasteiger partial charge >= 0.3 is 0 Å². The Morgan fingerprint density at radius 2 is 1.72 bits per heavy atom. The van der Waals surface area contributed by atoms with Crippen LogP contribution < -0.4 is 5.32 Å². The van der Waals surface area contributed by atoms with Gasteiger partial charge in [-0.05, 0) is 24.6 Å². The number of benzene rings is 2. The average molecular weight is 391 g/mol. The Bertz CT molecular complexity index is 1010. The van der Waals surface area contributed by atoms with Crippen molar-refractivity contribution in [3.63, 3.8) is 0 Å². The molecule has 0 saturated carbocycles. The molecular weight excluding hydrogens is 366 g/mol. The van der Waals surface area contributed by atoms with Gasteiger partial charge < -0.3 is 19.5 Å². The van der Waals surface area contributed by atoms with E-state index in [1.807, 2.05) is 65.2 Å². The van der Waals surface area contributed by atoms with Gasteiger partial charge in [0, 0.05) is 30.5 Å². The van der Waals surface area contributed by atoms with Crippen molar-refractivity contribution in [2.45, 2.75) is 19.5 Å². The summed E-state index contributed by atoms with van der Waals surface area (Å²) in [4.78, 5) is 27.5. The van der Waals surface area contributed by atoms with Gasteiger partial charge in [-0.3, -0.25) is 9.59 Å². The molecule has 0 spiro atoms. The molecule has 0 aliphatic carbocycles. The van der Waals surface area contributed by atoms with Gasteiger partial charge in [-0.25, -0.2) is 0 Å². The molecule has 2 aromatic carbocycles. The summed E-state index contributed by atoms with van der Waals surface area (Å²) in [6.45, 7) is 4.53. The van der Waals surface area contributed by atoms with E-state index in [1.165, 1.54) is 0 Å². The normalized spacial score (nSPS) is 15.3. The number of hydrogen-bond acceptors (Lipinski definition) is 3.